The number of nitrogen functional groups attached to an aromatic ring is 1. The Labute approximate surface area is 294 Å². The van der Waals surface area contributed by atoms with Crippen molar-refractivity contribution in [3.63, 3.8) is 0 Å². The van der Waals surface area contributed by atoms with E-state index in [1.165, 1.54) is 38.3 Å². The van der Waals surface area contributed by atoms with Gasteiger partial charge in [-0.1, -0.05) is 42.3 Å². The second-order valence-electron chi connectivity index (χ2n) is 13.1. The van der Waals surface area contributed by atoms with Gasteiger partial charge in [-0.3, -0.25) is 15.4 Å². The lowest BCUT2D eigenvalue weighted by Crippen LogP contribution is -2.63. The minimum absolute atomic E-state index is 0.0755. The van der Waals surface area contributed by atoms with Crippen LogP contribution in [0.4, 0.5) is 31.0 Å². The topological polar surface area (TPSA) is 174 Å². The van der Waals surface area contributed by atoms with Crippen molar-refractivity contribution in [2.45, 2.75) is 75.8 Å². The molecule has 270 valence electrons. The second-order valence-corrected chi connectivity index (χ2v) is 13.4. The van der Waals surface area contributed by atoms with Crippen LogP contribution in [0.5, 0.6) is 5.75 Å². The Kier molecular flexibility index (Phi) is 10.7. The third-order valence-corrected chi connectivity index (χ3v) is 9.81. The maximum Gasteiger partial charge on any atom is 0.412 e. The number of nitrogens with zero attached hydrogens (tertiary/aromatic N) is 1. The molecular weight excluding hydrogens is 675 g/mol. The molecule has 3 aliphatic heterocycles. The van der Waals surface area contributed by atoms with Gasteiger partial charge in [0.2, 0.25) is 5.91 Å². The zero-order valence-corrected chi connectivity index (χ0v) is 29.4. The van der Waals surface area contributed by atoms with Crippen molar-refractivity contribution in [1.29, 1.82) is 0 Å². The smallest absolute Gasteiger partial charge is 0.412 e. The quantitative estimate of drug-likeness (QED) is 0.246. The molecule has 50 heavy (non-hydrogen) atoms. The lowest BCUT2D eigenvalue weighted by atomic mass is 9.83. The summed E-state index contributed by atoms with van der Waals surface area (Å²) in [5, 5.41) is 16.7. The Hall–Kier alpha value is -4.37. The number of rotatable bonds is 4. The second kappa shape index (κ2) is 14.5. The van der Waals surface area contributed by atoms with Gasteiger partial charge in [-0.15, -0.1) is 0 Å². The number of amides is 3. The molecule has 0 saturated carbocycles. The number of carbonyl (C=O) groups excluding carboxylic acids is 3. The highest BCUT2D eigenvalue weighted by Gasteiger charge is 2.64. The first-order chi connectivity index (χ1) is 23.6. The van der Waals surface area contributed by atoms with Crippen molar-refractivity contribution in [2.75, 3.05) is 37.2 Å². The summed E-state index contributed by atoms with van der Waals surface area (Å²) in [4.78, 5) is 41.3. The number of ether oxygens (including phenoxy) is 5. The minimum atomic E-state index is -1.84. The van der Waals surface area contributed by atoms with Gasteiger partial charge < -0.3 is 39.4 Å². The van der Waals surface area contributed by atoms with Crippen LogP contribution < -0.4 is 26.0 Å². The molecule has 0 aliphatic carbocycles. The molecule has 0 radical (unpaired) electrons. The largest absolute Gasteiger partial charge is 0.495 e. The molecule has 2 aromatic carbocycles. The molecule has 2 fully saturated rings. The third kappa shape index (κ3) is 7.68. The molecule has 0 spiro atoms. The summed E-state index contributed by atoms with van der Waals surface area (Å²) < 4.78 is 43.2. The van der Waals surface area contributed by atoms with Crippen LogP contribution in [0, 0.1) is 11.7 Å². The van der Waals surface area contributed by atoms with Gasteiger partial charge in [-0.2, -0.15) is 0 Å². The summed E-state index contributed by atoms with van der Waals surface area (Å²) in [7, 11) is 4.42. The first-order valence-electron chi connectivity index (χ1n) is 16.0. The van der Waals surface area contributed by atoms with Crippen LogP contribution in [-0.2, 0) is 30.2 Å². The minimum Gasteiger partial charge on any atom is -0.495 e. The van der Waals surface area contributed by atoms with E-state index < -0.39 is 65.6 Å². The van der Waals surface area contributed by atoms with Gasteiger partial charge in [-0.05, 0) is 56.2 Å². The molecule has 2 aromatic rings. The lowest BCUT2D eigenvalue weighted by molar-refractivity contribution is -0.142. The van der Waals surface area contributed by atoms with Gasteiger partial charge in [0.05, 0.1) is 31.0 Å². The lowest BCUT2D eigenvalue weighted by Gasteiger charge is -2.42. The van der Waals surface area contributed by atoms with Gasteiger partial charge in [0.15, 0.2) is 5.72 Å². The number of allylic oxidation sites excluding steroid dienone is 3. The highest BCUT2D eigenvalue weighted by Crippen LogP contribution is 2.49. The number of hydrogen-bond acceptors (Lipinski definition) is 10. The Morgan fingerprint density at radius 2 is 1.98 bits per heavy atom. The van der Waals surface area contributed by atoms with E-state index in [0.717, 1.165) is 17.2 Å². The SMILES string of the molecule is COc1cc2cc(c1Cl)N(C)C(=O)C[C@H](OC(=O)Nc1cc(N)ccc1F)[C@]1(C)O[C@H]1[C@H](C)[C@@H]1C[C@@](O)(NC(=O)O1)[C@H](OC)/C=C/C=C(\C)C2. The average molecular weight is 717 g/mol. The number of hydrogen-bond donors (Lipinski definition) is 4. The first-order valence-corrected chi connectivity index (χ1v) is 16.4. The van der Waals surface area contributed by atoms with Gasteiger partial charge in [0.1, 0.15) is 40.5 Å². The number of carbonyl (C=O) groups is 3. The van der Waals surface area contributed by atoms with Crippen molar-refractivity contribution < 1.29 is 47.6 Å². The Bertz CT molecular complexity index is 1720. The molecule has 13 nitrogen and oxygen atoms in total. The van der Waals surface area contributed by atoms with Gasteiger partial charge >= 0.3 is 12.2 Å². The number of epoxide rings is 1. The van der Waals surface area contributed by atoms with Gasteiger partial charge in [0.25, 0.3) is 0 Å². The molecule has 15 heteroatoms. The fraction of sp³-hybridized carbons (Fsp3) is 0.457. The maximum absolute atomic E-state index is 14.5. The predicted octanol–water partition coefficient (Wildman–Crippen LogP) is 5.09. The Balaban J connectivity index is 1.55. The first kappa shape index (κ1) is 36.9. The molecule has 4 bridgehead atoms. The van der Waals surface area contributed by atoms with Crippen molar-refractivity contribution in [1.82, 2.24) is 5.32 Å². The summed E-state index contributed by atoms with van der Waals surface area (Å²) in [5.41, 5.74) is 4.70. The number of halogens is 2. The molecule has 7 atom stereocenters. The highest BCUT2D eigenvalue weighted by atomic mass is 35.5. The highest BCUT2D eigenvalue weighted by molar-refractivity contribution is 6.35. The number of aliphatic hydroxyl groups is 1. The van der Waals surface area contributed by atoms with Crippen LogP contribution in [0.1, 0.15) is 39.2 Å². The Morgan fingerprint density at radius 3 is 2.68 bits per heavy atom. The number of nitrogens with two attached hydrogens (primary N) is 1. The van der Waals surface area contributed by atoms with Crippen LogP contribution in [0.25, 0.3) is 0 Å². The fourth-order valence-electron chi connectivity index (χ4n) is 6.51. The van der Waals surface area contributed by atoms with E-state index in [1.807, 2.05) is 13.0 Å². The number of benzene rings is 2. The van der Waals surface area contributed by atoms with E-state index in [2.05, 4.69) is 10.6 Å². The zero-order valence-electron chi connectivity index (χ0n) is 28.6. The number of anilines is 3. The fourth-order valence-corrected chi connectivity index (χ4v) is 6.83. The van der Waals surface area contributed by atoms with Crippen LogP contribution in [0.2, 0.25) is 5.02 Å². The molecule has 3 aliphatic rings. The van der Waals surface area contributed by atoms with Crippen molar-refractivity contribution in [2.24, 2.45) is 5.92 Å². The molecule has 0 aromatic heterocycles. The molecule has 3 amide bonds. The van der Waals surface area contributed by atoms with E-state index in [-0.39, 0.29) is 29.2 Å². The van der Waals surface area contributed by atoms with Crippen molar-refractivity contribution >= 4 is 46.8 Å². The standard InChI is InChI=1S/C35H42ClFN4O9/c1-18-8-7-9-27(47-6)35(45)17-26(48-33(44)40-35)19(2)31-34(3,50-31)28(49-32(43)39-23-15-21(38)10-11-22(23)37)16-29(42)41(4)24-13-20(12-18)14-25(46-5)30(24)36/h7-11,13-15,19,26-28,31,45H,12,16-17,38H2,1-6H3,(H,39,43)(H,40,44)/b9-7+,18-8+/t19-,26+,27-,28+,31+,34+,35+/m1/s1. The summed E-state index contributed by atoms with van der Waals surface area (Å²) in [5.74, 6) is -1.45. The van der Waals surface area contributed by atoms with Crippen molar-refractivity contribution in [3.05, 3.63) is 70.5 Å². The zero-order chi connectivity index (χ0) is 36.5. The van der Waals surface area contributed by atoms with Gasteiger partial charge in [0, 0.05) is 32.2 Å². The van der Waals surface area contributed by atoms with Crippen LogP contribution >= 0.6 is 11.6 Å². The summed E-state index contributed by atoms with van der Waals surface area (Å²) in [6, 6.07) is 7.20. The molecule has 0 unspecified atom stereocenters. The molecule has 5 rings (SSSR count). The number of alkyl carbamates (subject to hydrolysis) is 1. The molecule has 2 saturated heterocycles. The molecule has 5 N–H and O–H groups in total. The van der Waals surface area contributed by atoms with E-state index in [1.54, 1.807) is 38.1 Å². The summed E-state index contributed by atoms with van der Waals surface area (Å²) in [6.45, 7) is 5.32. The molecule has 3 heterocycles. The monoisotopic (exact) mass is 716 g/mol. The van der Waals surface area contributed by atoms with E-state index in [9.17, 15) is 23.9 Å². The summed E-state index contributed by atoms with van der Waals surface area (Å²) in [6.07, 6.45) is -0.484. The van der Waals surface area contributed by atoms with Gasteiger partial charge in [-0.25, -0.2) is 14.0 Å². The van der Waals surface area contributed by atoms with Crippen LogP contribution in [0.15, 0.2) is 54.1 Å². The maximum atomic E-state index is 14.5. The van der Waals surface area contributed by atoms with Crippen LogP contribution in [-0.4, -0.2) is 80.2 Å². The summed E-state index contributed by atoms with van der Waals surface area (Å²) >= 11 is 6.70. The Morgan fingerprint density at radius 1 is 1.24 bits per heavy atom. The average Bonchev–Trinajstić information content (AvgIpc) is 3.75. The normalized spacial score (nSPS) is 31.7. The van der Waals surface area contributed by atoms with Crippen molar-refractivity contribution in [3.8, 4) is 5.75 Å². The third-order valence-electron chi connectivity index (χ3n) is 9.43. The van der Waals surface area contributed by atoms with E-state index in [4.69, 9.17) is 41.0 Å². The number of methoxy groups -OCH3 is 2. The van der Waals surface area contributed by atoms with Crippen LogP contribution in [0.3, 0.4) is 0 Å². The van der Waals surface area contributed by atoms with E-state index >= 15 is 0 Å². The predicted molar refractivity (Wildman–Crippen MR) is 184 cm³/mol. The number of fused-ring (bicyclic) bond motifs is 5. The molecular formula is C35H42ClFN4O9. The number of nitrogens with one attached hydrogen (secondary N) is 2. The van der Waals surface area contributed by atoms with E-state index in [0.29, 0.717) is 17.9 Å².